The number of para-hydroxylation sites is 1. The van der Waals surface area contributed by atoms with E-state index in [1.165, 1.54) is 19.2 Å². The number of benzene rings is 2. The quantitative estimate of drug-likeness (QED) is 0.785. The van der Waals surface area contributed by atoms with Gasteiger partial charge in [-0.25, -0.2) is 9.59 Å². The van der Waals surface area contributed by atoms with E-state index >= 15 is 0 Å². The van der Waals surface area contributed by atoms with Crippen LogP contribution in [0.15, 0.2) is 42.5 Å². The smallest absolute Gasteiger partial charge is 0.339 e. The second kappa shape index (κ2) is 8.98. The molecule has 0 aliphatic rings. The third kappa shape index (κ3) is 4.94. The van der Waals surface area contributed by atoms with E-state index in [0.717, 1.165) is 16.8 Å². The normalized spacial score (nSPS) is 10.4. The van der Waals surface area contributed by atoms with Crippen LogP contribution < -0.4 is 5.32 Å². The van der Waals surface area contributed by atoms with Gasteiger partial charge >= 0.3 is 11.9 Å². The standard InChI is InChI=1S/C21H23NO5/c1-13(2)15-11-7-8-14(3)19(15)22-18(23)12-27-21(25)17-10-6-5-9-16(17)20(24)26-4/h5-11,13H,12H2,1-4H3,(H,22,23). The Hall–Kier alpha value is -3.15. The first-order valence-electron chi connectivity index (χ1n) is 8.59. The van der Waals surface area contributed by atoms with Crippen LogP contribution in [0.4, 0.5) is 5.69 Å². The summed E-state index contributed by atoms with van der Waals surface area (Å²) in [5.74, 6) is -1.63. The number of methoxy groups -OCH3 is 1. The second-order valence-corrected chi connectivity index (χ2v) is 6.36. The lowest BCUT2D eigenvalue weighted by Gasteiger charge is -2.16. The zero-order chi connectivity index (χ0) is 20.0. The predicted octanol–water partition coefficient (Wildman–Crippen LogP) is 3.70. The molecule has 0 saturated carbocycles. The third-order valence-electron chi connectivity index (χ3n) is 4.08. The van der Waals surface area contributed by atoms with Crippen molar-refractivity contribution < 1.29 is 23.9 Å². The molecule has 0 aromatic heterocycles. The molecule has 142 valence electrons. The number of carbonyl (C=O) groups is 3. The lowest BCUT2D eigenvalue weighted by Crippen LogP contribution is -2.23. The van der Waals surface area contributed by atoms with Gasteiger partial charge in [0, 0.05) is 5.69 Å². The van der Waals surface area contributed by atoms with Crippen molar-refractivity contribution in [2.24, 2.45) is 0 Å². The van der Waals surface area contributed by atoms with Gasteiger partial charge in [0.15, 0.2) is 6.61 Å². The highest BCUT2D eigenvalue weighted by Crippen LogP contribution is 2.27. The second-order valence-electron chi connectivity index (χ2n) is 6.36. The number of aryl methyl sites for hydroxylation is 1. The van der Waals surface area contributed by atoms with Crippen LogP contribution in [-0.2, 0) is 14.3 Å². The van der Waals surface area contributed by atoms with Crippen LogP contribution >= 0.6 is 0 Å². The van der Waals surface area contributed by atoms with E-state index in [0.29, 0.717) is 0 Å². The molecule has 1 amide bonds. The van der Waals surface area contributed by atoms with E-state index in [9.17, 15) is 14.4 Å². The molecule has 1 N–H and O–H groups in total. The molecule has 0 unspecified atom stereocenters. The number of nitrogens with one attached hydrogen (secondary N) is 1. The van der Waals surface area contributed by atoms with Gasteiger partial charge in [0.25, 0.3) is 5.91 Å². The van der Waals surface area contributed by atoms with Crippen molar-refractivity contribution in [2.45, 2.75) is 26.7 Å². The minimum absolute atomic E-state index is 0.0518. The Labute approximate surface area is 158 Å². The van der Waals surface area contributed by atoms with Gasteiger partial charge in [-0.15, -0.1) is 0 Å². The maximum Gasteiger partial charge on any atom is 0.339 e. The molecule has 0 bridgehead atoms. The fourth-order valence-corrected chi connectivity index (χ4v) is 2.68. The van der Waals surface area contributed by atoms with Gasteiger partial charge in [-0.2, -0.15) is 0 Å². The molecule has 0 atom stereocenters. The van der Waals surface area contributed by atoms with Crippen LogP contribution in [0.2, 0.25) is 0 Å². The summed E-state index contributed by atoms with van der Waals surface area (Å²) in [4.78, 5) is 36.3. The van der Waals surface area contributed by atoms with Gasteiger partial charge in [-0.3, -0.25) is 4.79 Å². The summed E-state index contributed by atoms with van der Waals surface area (Å²) in [6.45, 7) is 5.52. The summed E-state index contributed by atoms with van der Waals surface area (Å²) in [6, 6.07) is 11.9. The number of anilines is 1. The van der Waals surface area contributed by atoms with Crippen LogP contribution in [-0.4, -0.2) is 31.6 Å². The number of carbonyl (C=O) groups excluding carboxylic acids is 3. The largest absolute Gasteiger partial charge is 0.465 e. The number of ether oxygens (including phenoxy) is 2. The monoisotopic (exact) mass is 369 g/mol. The number of amides is 1. The molecule has 6 nitrogen and oxygen atoms in total. The molecule has 2 rings (SSSR count). The lowest BCUT2D eigenvalue weighted by molar-refractivity contribution is -0.119. The van der Waals surface area contributed by atoms with E-state index in [4.69, 9.17) is 4.74 Å². The summed E-state index contributed by atoms with van der Waals surface area (Å²) >= 11 is 0. The summed E-state index contributed by atoms with van der Waals surface area (Å²) in [5.41, 5.74) is 2.80. The first kappa shape index (κ1) is 20.2. The van der Waals surface area contributed by atoms with Crippen LogP contribution in [0, 0.1) is 6.92 Å². The van der Waals surface area contributed by atoms with Gasteiger partial charge in [-0.05, 0) is 36.1 Å². The topological polar surface area (TPSA) is 81.7 Å². The molecular weight excluding hydrogens is 346 g/mol. The third-order valence-corrected chi connectivity index (χ3v) is 4.08. The Bertz CT molecular complexity index is 857. The summed E-state index contributed by atoms with van der Waals surface area (Å²) < 4.78 is 9.73. The minimum atomic E-state index is -0.764. The van der Waals surface area contributed by atoms with Gasteiger partial charge in [-0.1, -0.05) is 44.2 Å². The molecule has 0 radical (unpaired) electrons. The minimum Gasteiger partial charge on any atom is -0.465 e. The molecule has 27 heavy (non-hydrogen) atoms. The van der Waals surface area contributed by atoms with E-state index < -0.39 is 24.5 Å². The highest BCUT2D eigenvalue weighted by Gasteiger charge is 2.19. The number of esters is 2. The Morgan fingerprint density at radius 3 is 2.19 bits per heavy atom. The molecule has 2 aromatic carbocycles. The average molecular weight is 369 g/mol. The zero-order valence-electron chi connectivity index (χ0n) is 15.9. The highest BCUT2D eigenvalue weighted by atomic mass is 16.5. The molecule has 0 fully saturated rings. The van der Waals surface area contributed by atoms with Crippen LogP contribution in [0.25, 0.3) is 0 Å². The van der Waals surface area contributed by atoms with Crippen LogP contribution in [0.5, 0.6) is 0 Å². The maximum atomic E-state index is 12.3. The number of hydrogen-bond donors (Lipinski definition) is 1. The Kier molecular flexibility index (Phi) is 6.71. The zero-order valence-corrected chi connectivity index (χ0v) is 15.9. The molecule has 0 heterocycles. The van der Waals surface area contributed by atoms with Crippen LogP contribution in [0.1, 0.15) is 51.6 Å². The van der Waals surface area contributed by atoms with Crippen molar-refractivity contribution in [1.82, 2.24) is 0 Å². The van der Waals surface area contributed by atoms with E-state index in [1.807, 2.05) is 39.0 Å². The van der Waals surface area contributed by atoms with E-state index in [1.54, 1.807) is 12.1 Å². The van der Waals surface area contributed by atoms with Crippen molar-refractivity contribution in [1.29, 1.82) is 0 Å². The van der Waals surface area contributed by atoms with Crippen molar-refractivity contribution in [2.75, 3.05) is 19.0 Å². The SMILES string of the molecule is COC(=O)c1ccccc1C(=O)OCC(=O)Nc1c(C)cccc1C(C)C. The molecular formula is C21H23NO5. The van der Waals surface area contributed by atoms with Crippen molar-refractivity contribution in [3.8, 4) is 0 Å². The summed E-state index contributed by atoms with van der Waals surface area (Å²) in [7, 11) is 1.23. The molecule has 0 saturated heterocycles. The fraction of sp³-hybridized carbons (Fsp3) is 0.286. The summed E-state index contributed by atoms with van der Waals surface area (Å²) in [5, 5.41) is 2.81. The van der Waals surface area contributed by atoms with Gasteiger partial charge in [0.2, 0.25) is 0 Å². The number of hydrogen-bond acceptors (Lipinski definition) is 5. The Morgan fingerprint density at radius 1 is 0.963 bits per heavy atom. The predicted molar refractivity (Wildman–Crippen MR) is 102 cm³/mol. The summed E-state index contributed by atoms with van der Waals surface area (Å²) in [6.07, 6.45) is 0. The average Bonchev–Trinajstić information content (AvgIpc) is 2.66. The van der Waals surface area contributed by atoms with Crippen LogP contribution in [0.3, 0.4) is 0 Å². The molecule has 0 aliphatic heterocycles. The van der Waals surface area contributed by atoms with Gasteiger partial charge < -0.3 is 14.8 Å². The Morgan fingerprint density at radius 2 is 1.59 bits per heavy atom. The first-order chi connectivity index (χ1) is 12.8. The maximum absolute atomic E-state index is 12.3. The Balaban J connectivity index is 2.07. The highest BCUT2D eigenvalue weighted by molar-refractivity contribution is 6.04. The van der Waals surface area contributed by atoms with Crippen molar-refractivity contribution in [3.05, 3.63) is 64.7 Å². The van der Waals surface area contributed by atoms with E-state index in [-0.39, 0.29) is 17.0 Å². The fourth-order valence-electron chi connectivity index (χ4n) is 2.68. The van der Waals surface area contributed by atoms with Gasteiger partial charge in [0.1, 0.15) is 0 Å². The van der Waals surface area contributed by atoms with E-state index in [2.05, 4.69) is 10.1 Å². The molecule has 6 heteroatoms. The molecule has 0 aliphatic carbocycles. The molecule has 2 aromatic rings. The lowest BCUT2D eigenvalue weighted by atomic mass is 9.98. The number of rotatable bonds is 6. The first-order valence-corrected chi connectivity index (χ1v) is 8.59. The van der Waals surface area contributed by atoms with Gasteiger partial charge in [0.05, 0.1) is 18.2 Å². The van der Waals surface area contributed by atoms with Crippen molar-refractivity contribution >= 4 is 23.5 Å². The molecule has 0 spiro atoms. The van der Waals surface area contributed by atoms with Crippen molar-refractivity contribution in [3.63, 3.8) is 0 Å².